The molecular weight excluding hydrogens is 360 g/mol. The number of hydrogen-bond acceptors (Lipinski definition) is 6. The number of morpholine rings is 1. The molecule has 3 heterocycles. The van der Waals surface area contributed by atoms with Gasteiger partial charge in [-0.3, -0.25) is 4.57 Å². The molecule has 1 atom stereocenters. The molecule has 1 fully saturated rings. The molecular formula is C17H17F2N5OS. The number of benzene rings is 1. The molecule has 1 aromatic carbocycles. The van der Waals surface area contributed by atoms with E-state index in [4.69, 9.17) is 4.74 Å². The molecule has 6 nitrogen and oxygen atoms in total. The molecule has 0 saturated carbocycles. The second kappa shape index (κ2) is 7.16. The molecule has 136 valence electrons. The van der Waals surface area contributed by atoms with E-state index in [2.05, 4.69) is 19.9 Å². The van der Waals surface area contributed by atoms with E-state index in [1.165, 1.54) is 10.9 Å². The monoisotopic (exact) mass is 377 g/mol. The van der Waals surface area contributed by atoms with Crippen LogP contribution in [0, 0.1) is 0 Å². The number of fused-ring (bicyclic) bond motifs is 1. The number of alkyl halides is 2. The molecule has 0 bridgehead atoms. The van der Waals surface area contributed by atoms with Crippen LogP contribution in [0.3, 0.4) is 0 Å². The number of hydrogen-bond donors (Lipinski definition) is 0. The van der Waals surface area contributed by atoms with Gasteiger partial charge in [0.2, 0.25) is 0 Å². The third-order valence-corrected chi connectivity index (χ3v) is 5.08. The molecule has 0 amide bonds. The Kier molecular flexibility index (Phi) is 4.73. The van der Waals surface area contributed by atoms with Gasteiger partial charge in [0.25, 0.3) is 6.43 Å². The van der Waals surface area contributed by atoms with Gasteiger partial charge >= 0.3 is 0 Å². The predicted molar refractivity (Wildman–Crippen MR) is 97.1 cm³/mol. The van der Waals surface area contributed by atoms with Gasteiger partial charge < -0.3 is 9.64 Å². The van der Waals surface area contributed by atoms with Crippen LogP contribution < -0.4 is 4.90 Å². The maximum absolute atomic E-state index is 13.5. The summed E-state index contributed by atoms with van der Waals surface area (Å²) in [5.41, 5.74) is 1.17. The fourth-order valence-corrected chi connectivity index (χ4v) is 3.59. The van der Waals surface area contributed by atoms with Gasteiger partial charge in [0.15, 0.2) is 5.82 Å². The average Bonchev–Trinajstić information content (AvgIpc) is 3.08. The summed E-state index contributed by atoms with van der Waals surface area (Å²) in [5.74, 6) is 0.751. The number of halogens is 2. The molecule has 26 heavy (non-hydrogen) atoms. The van der Waals surface area contributed by atoms with Gasteiger partial charge in [-0.15, -0.1) is 11.8 Å². The number of rotatable bonds is 4. The first-order chi connectivity index (χ1) is 12.7. The fourth-order valence-electron chi connectivity index (χ4n) is 3.03. The minimum absolute atomic E-state index is 0.0628. The number of anilines is 1. The Balaban J connectivity index is 1.77. The van der Waals surface area contributed by atoms with Crippen LogP contribution in [0.1, 0.15) is 12.2 Å². The van der Waals surface area contributed by atoms with Crippen molar-refractivity contribution < 1.29 is 13.5 Å². The van der Waals surface area contributed by atoms with Crippen molar-refractivity contribution in [1.29, 1.82) is 0 Å². The normalized spacial score (nSPS) is 18.0. The van der Waals surface area contributed by atoms with Crippen molar-refractivity contribution in [3.8, 4) is 5.82 Å². The molecule has 0 N–H and O–H groups in total. The maximum atomic E-state index is 13.5. The lowest BCUT2D eigenvalue weighted by Crippen LogP contribution is -2.41. The molecule has 1 aliphatic heterocycles. The lowest BCUT2D eigenvalue weighted by atomic mass is 10.3. The Morgan fingerprint density at radius 2 is 2.04 bits per heavy atom. The summed E-state index contributed by atoms with van der Waals surface area (Å²) in [7, 11) is 0. The highest BCUT2D eigenvalue weighted by Gasteiger charge is 2.24. The number of imidazole rings is 1. The van der Waals surface area contributed by atoms with Crippen molar-refractivity contribution >= 4 is 28.6 Å². The first-order valence-electron chi connectivity index (χ1n) is 8.14. The van der Waals surface area contributed by atoms with Crippen LogP contribution in [-0.4, -0.2) is 50.9 Å². The molecule has 1 aliphatic rings. The average molecular weight is 377 g/mol. The van der Waals surface area contributed by atoms with Crippen LogP contribution in [0.4, 0.5) is 14.6 Å². The van der Waals surface area contributed by atoms with Crippen molar-refractivity contribution in [2.45, 2.75) is 11.9 Å². The van der Waals surface area contributed by atoms with E-state index in [0.717, 1.165) is 0 Å². The van der Waals surface area contributed by atoms with Gasteiger partial charge in [-0.1, -0.05) is 12.1 Å². The van der Waals surface area contributed by atoms with E-state index in [1.807, 2.05) is 6.26 Å². The Morgan fingerprint density at radius 3 is 2.85 bits per heavy atom. The Bertz CT molecular complexity index is 919. The van der Waals surface area contributed by atoms with Crippen LogP contribution in [0.15, 0.2) is 36.7 Å². The van der Waals surface area contributed by atoms with Gasteiger partial charge in [0, 0.05) is 12.6 Å². The number of nitrogens with zero attached hydrogens (tertiary/aromatic N) is 5. The van der Waals surface area contributed by atoms with Crippen molar-refractivity contribution in [3.63, 3.8) is 0 Å². The minimum Gasteiger partial charge on any atom is -0.364 e. The lowest BCUT2D eigenvalue weighted by molar-refractivity contribution is 0.0982. The van der Waals surface area contributed by atoms with Crippen molar-refractivity contribution in [3.05, 3.63) is 42.5 Å². The van der Waals surface area contributed by atoms with Crippen LogP contribution in [0.2, 0.25) is 0 Å². The SMILES string of the molecule is CSC1CN(c2cc(-n3c(C(F)F)nc4ccccc43)ncn2)CCO1. The van der Waals surface area contributed by atoms with Crippen molar-refractivity contribution in [2.75, 3.05) is 30.9 Å². The van der Waals surface area contributed by atoms with E-state index in [9.17, 15) is 8.78 Å². The number of aromatic nitrogens is 4. The highest BCUT2D eigenvalue weighted by atomic mass is 32.2. The molecule has 0 spiro atoms. The van der Waals surface area contributed by atoms with Gasteiger partial charge in [-0.05, 0) is 18.4 Å². The topological polar surface area (TPSA) is 56.1 Å². The zero-order valence-electron chi connectivity index (χ0n) is 14.0. The van der Waals surface area contributed by atoms with Crippen LogP contribution in [-0.2, 0) is 4.74 Å². The first-order valence-corrected chi connectivity index (χ1v) is 9.43. The summed E-state index contributed by atoms with van der Waals surface area (Å²) in [6, 6.07) is 8.77. The molecule has 9 heteroatoms. The summed E-state index contributed by atoms with van der Waals surface area (Å²) in [5, 5.41) is 0. The zero-order chi connectivity index (χ0) is 18.1. The quantitative estimate of drug-likeness (QED) is 0.696. The first kappa shape index (κ1) is 17.2. The third kappa shape index (κ3) is 3.12. The third-order valence-electron chi connectivity index (χ3n) is 4.27. The lowest BCUT2D eigenvalue weighted by Gasteiger charge is -2.32. The smallest absolute Gasteiger partial charge is 0.296 e. The number of thioether (sulfide) groups is 1. The summed E-state index contributed by atoms with van der Waals surface area (Å²) in [6.45, 7) is 1.98. The largest absolute Gasteiger partial charge is 0.364 e. The Labute approximate surface area is 153 Å². The molecule has 0 radical (unpaired) electrons. The Hall–Kier alpha value is -2.26. The molecule has 1 saturated heterocycles. The van der Waals surface area contributed by atoms with Crippen molar-refractivity contribution in [2.24, 2.45) is 0 Å². The van der Waals surface area contributed by atoms with Gasteiger partial charge in [0.1, 0.15) is 23.4 Å². The predicted octanol–water partition coefficient (Wildman–Crippen LogP) is 3.28. The highest BCUT2D eigenvalue weighted by molar-refractivity contribution is 7.99. The summed E-state index contributed by atoms with van der Waals surface area (Å²) >= 11 is 1.63. The van der Waals surface area contributed by atoms with Crippen LogP contribution in [0.5, 0.6) is 0 Å². The number of ether oxygens (including phenoxy) is 1. The van der Waals surface area contributed by atoms with E-state index < -0.39 is 6.43 Å². The summed E-state index contributed by atoms with van der Waals surface area (Å²) in [4.78, 5) is 14.7. The van der Waals surface area contributed by atoms with Crippen LogP contribution in [0.25, 0.3) is 16.9 Å². The summed E-state index contributed by atoms with van der Waals surface area (Å²) < 4.78 is 34.1. The van der Waals surface area contributed by atoms with Crippen molar-refractivity contribution in [1.82, 2.24) is 19.5 Å². The van der Waals surface area contributed by atoms with Gasteiger partial charge in [-0.25, -0.2) is 23.7 Å². The fraction of sp³-hybridized carbons (Fsp3) is 0.353. The molecule has 3 aromatic rings. The van der Waals surface area contributed by atoms with Gasteiger partial charge in [-0.2, -0.15) is 0 Å². The molecule has 2 aromatic heterocycles. The maximum Gasteiger partial charge on any atom is 0.296 e. The van der Waals surface area contributed by atoms with E-state index in [1.54, 1.807) is 42.1 Å². The van der Waals surface area contributed by atoms with E-state index >= 15 is 0 Å². The van der Waals surface area contributed by atoms with E-state index in [-0.39, 0.29) is 11.3 Å². The number of para-hydroxylation sites is 2. The molecule has 1 unspecified atom stereocenters. The molecule has 0 aliphatic carbocycles. The zero-order valence-corrected chi connectivity index (χ0v) is 14.9. The summed E-state index contributed by atoms with van der Waals surface area (Å²) in [6.07, 6.45) is 0.690. The molecule has 4 rings (SSSR count). The Morgan fingerprint density at radius 1 is 1.23 bits per heavy atom. The van der Waals surface area contributed by atoms with Crippen LogP contribution >= 0.6 is 11.8 Å². The second-order valence-corrected chi connectivity index (χ2v) is 6.81. The second-order valence-electron chi connectivity index (χ2n) is 5.81. The highest BCUT2D eigenvalue weighted by Crippen LogP contribution is 2.28. The standard InChI is InChI=1S/C17H17F2N5OS/c1-26-15-9-23(6-7-25-15)13-8-14(21-10-20-13)24-12-5-3-2-4-11(12)22-17(24)16(18)19/h2-5,8,10,15-16H,6-7,9H2,1H3. The van der Waals surface area contributed by atoms with Gasteiger partial charge in [0.05, 0.1) is 24.2 Å². The van der Waals surface area contributed by atoms with E-state index in [0.29, 0.717) is 42.4 Å². The minimum atomic E-state index is -2.70.